The van der Waals surface area contributed by atoms with Crippen LogP contribution in [-0.2, 0) is 4.74 Å². The summed E-state index contributed by atoms with van der Waals surface area (Å²) in [7, 11) is 3.60. The standard InChI is InChI=1S/C9H21NO2S/c1-8(7-13)4-10(2)5-9(11)6-12-3/h8-9,11,13H,4-7H2,1-3H3. The van der Waals surface area contributed by atoms with Gasteiger partial charge in [-0.3, -0.25) is 0 Å². The number of methoxy groups -OCH3 is 1. The number of rotatable bonds is 7. The topological polar surface area (TPSA) is 32.7 Å². The molecule has 0 radical (unpaired) electrons. The van der Waals surface area contributed by atoms with Gasteiger partial charge in [0.1, 0.15) is 0 Å². The molecule has 0 aromatic rings. The molecule has 3 nitrogen and oxygen atoms in total. The smallest absolute Gasteiger partial charge is 0.0899 e. The van der Waals surface area contributed by atoms with Gasteiger partial charge in [0, 0.05) is 20.2 Å². The predicted molar refractivity (Wildman–Crippen MR) is 58.4 cm³/mol. The van der Waals surface area contributed by atoms with Crippen LogP contribution in [0.1, 0.15) is 6.92 Å². The number of hydrogen-bond donors (Lipinski definition) is 2. The predicted octanol–water partition coefficient (Wildman–Crippen LogP) is 0.491. The molecule has 13 heavy (non-hydrogen) atoms. The molecule has 0 bridgehead atoms. The molecule has 0 saturated heterocycles. The van der Waals surface area contributed by atoms with Crippen molar-refractivity contribution in [1.29, 1.82) is 0 Å². The molecule has 0 rings (SSSR count). The third kappa shape index (κ3) is 7.31. The van der Waals surface area contributed by atoms with E-state index in [9.17, 15) is 5.11 Å². The van der Waals surface area contributed by atoms with Gasteiger partial charge in [-0.1, -0.05) is 6.92 Å². The molecule has 80 valence electrons. The third-order valence-corrected chi connectivity index (χ3v) is 2.44. The number of nitrogens with zero attached hydrogens (tertiary/aromatic N) is 1. The van der Waals surface area contributed by atoms with Crippen molar-refractivity contribution in [3.05, 3.63) is 0 Å². The fourth-order valence-electron chi connectivity index (χ4n) is 1.27. The Balaban J connectivity index is 3.54. The van der Waals surface area contributed by atoms with E-state index in [1.807, 2.05) is 7.05 Å². The Kier molecular flexibility index (Phi) is 7.75. The van der Waals surface area contributed by atoms with E-state index in [0.29, 0.717) is 19.1 Å². The largest absolute Gasteiger partial charge is 0.389 e. The molecule has 0 heterocycles. The van der Waals surface area contributed by atoms with Crippen LogP contribution in [0.25, 0.3) is 0 Å². The molecule has 0 amide bonds. The van der Waals surface area contributed by atoms with Gasteiger partial charge >= 0.3 is 0 Å². The highest BCUT2D eigenvalue weighted by molar-refractivity contribution is 7.80. The molecule has 0 spiro atoms. The van der Waals surface area contributed by atoms with E-state index in [2.05, 4.69) is 24.5 Å². The molecule has 4 heteroatoms. The fraction of sp³-hybridized carbons (Fsp3) is 1.00. The van der Waals surface area contributed by atoms with E-state index in [1.165, 1.54) is 0 Å². The van der Waals surface area contributed by atoms with Crippen LogP contribution in [0.2, 0.25) is 0 Å². The Hall–Kier alpha value is 0.230. The Labute approximate surface area is 86.5 Å². The highest BCUT2D eigenvalue weighted by Gasteiger charge is 2.09. The van der Waals surface area contributed by atoms with Crippen molar-refractivity contribution >= 4 is 12.6 Å². The Morgan fingerprint density at radius 3 is 2.54 bits per heavy atom. The summed E-state index contributed by atoms with van der Waals surface area (Å²) in [6, 6.07) is 0. The first kappa shape index (κ1) is 13.2. The molecule has 0 aromatic heterocycles. The number of likely N-dealkylation sites (N-methyl/N-ethyl adjacent to an activating group) is 1. The van der Waals surface area contributed by atoms with E-state index < -0.39 is 0 Å². The van der Waals surface area contributed by atoms with Crippen molar-refractivity contribution in [1.82, 2.24) is 4.90 Å². The lowest BCUT2D eigenvalue weighted by Crippen LogP contribution is -2.34. The SMILES string of the molecule is COCC(O)CN(C)CC(C)CS. The van der Waals surface area contributed by atoms with Crippen LogP contribution in [0.4, 0.5) is 0 Å². The first-order valence-electron chi connectivity index (χ1n) is 4.56. The average Bonchev–Trinajstić information content (AvgIpc) is 2.04. The van der Waals surface area contributed by atoms with Crippen LogP contribution in [0, 0.1) is 5.92 Å². The summed E-state index contributed by atoms with van der Waals surface area (Å²) in [5.41, 5.74) is 0. The van der Waals surface area contributed by atoms with E-state index in [4.69, 9.17) is 4.74 Å². The molecular weight excluding hydrogens is 186 g/mol. The summed E-state index contributed by atoms with van der Waals surface area (Å²) in [6.07, 6.45) is -0.387. The maximum absolute atomic E-state index is 9.42. The molecular formula is C9H21NO2S. The maximum atomic E-state index is 9.42. The van der Waals surface area contributed by atoms with E-state index in [0.717, 1.165) is 12.3 Å². The minimum atomic E-state index is -0.387. The van der Waals surface area contributed by atoms with E-state index in [1.54, 1.807) is 7.11 Å². The van der Waals surface area contributed by atoms with Crippen LogP contribution < -0.4 is 0 Å². The molecule has 2 atom stereocenters. The fourth-order valence-corrected chi connectivity index (χ4v) is 1.38. The van der Waals surface area contributed by atoms with Crippen molar-refractivity contribution in [2.75, 3.05) is 39.6 Å². The Morgan fingerprint density at radius 2 is 2.08 bits per heavy atom. The zero-order chi connectivity index (χ0) is 10.3. The monoisotopic (exact) mass is 207 g/mol. The highest BCUT2D eigenvalue weighted by atomic mass is 32.1. The van der Waals surface area contributed by atoms with Crippen LogP contribution >= 0.6 is 12.6 Å². The quantitative estimate of drug-likeness (QED) is 0.596. The molecule has 0 fully saturated rings. The second-order valence-corrected chi connectivity index (χ2v) is 3.98. The zero-order valence-electron chi connectivity index (χ0n) is 8.73. The van der Waals surface area contributed by atoms with Gasteiger partial charge < -0.3 is 14.7 Å². The molecule has 0 aliphatic rings. The van der Waals surface area contributed by atoms with Crippen molar-refractivity contribution in [2.24, 2.45) is 5.92 Å². The van der Waals surface area contributed by atoms with Crippen molar-refractivity contribution in [3.63, 3.8) is 0 Å². The zero-order valence-corrected chi connectivity index (χ0v) is 9.63. The summed E-state index contributed by atoms with van der Waals surface area (Å²) in [4.78, 5) is 2.10. The number of ether oxygens (including phenoxy) is 1. The summed E-state index contributed by atoms with van der Waals surface area (Å²) in [5.74, 6) is 1.44. The summed E-state index contributed by atoms with van der Waals surface area (Å²) < 4.78 is 4.84. The summed E-state index contributed by atoms with van der Waals surface area (Å²) >= 11 is 4.21. The lowest BCUT2D eigenvalue weighted by Gasteiger charge is -2.22. The molecule has 0 saturated carbocycles. The van der Waals surface area contributed by atoms with Crippen LogP contribution in [0.3, 0.4) is 0 Å². The molecule has 0 aliphatic heterocycles. The maximum Gasteiger partial charge on any atom is 0.0899 e. The summed E-state index contributed by atoms with van der Waals surface area (Å²) in [6.45, 7) is 4.17. The van der Waals surface area contributed by atoms with Crippen LogP contribution in [0.5, 0.6) is 0 Å². The first-order valence-corrected chi connectivity index (χ1v) is 5.19. The second kappa shape index (κ2) is 7.62. The normalized spacial score (nSPS) is 16.2. The van der Waals surface area contributed by atoms with Gasteiger partial charge in [0.15, 0.2) is 0 Å². The van der Waals surface area contributed by atoms with Crippen LogP contribution in [-0.4, -0.2) is 55.7 Å². The van der Waals surface area contributed by atoms with Crippen molar-refractivity contribution in [3.8, 4) is 0 Å². The minimum absolute atomic E-state index is 0.387. The minimum Gasteiger partial charge on any atom is -0.389 e. The van der Waals surface area contributed by atoms with Gasteiger partial charge in [0.25, 0.3) is 0 Å². The number of aliphatic hydroxyl groups excluding tert-OH is 1. The van der Waals surface area contributed by atoms with Gasteiger partial charge in [-0.15, -0.1) is 0 Å². The Morgan fingerprint density at radius 1 is 1.46 bits per heavy atom. The van der Waals surface area contributed by atoms with Gasteiger partial charge in [-0.05, 0) is 18.7 Å². The molecule has 1 N–H and O–H groups in total. The van der Waals surface area contributed by atoms with E-state index >= 15 is 0 Å². The number of hydrogen-bond acceptors (Lipinski definition) is 4. The Bertz CT molecular complexity index is 124. The lowest BCUT2D eigenvalue weighted by atomic mass is 10.2. The molecule has 2 unspecified atom stereocenters. The number of aliphatic hydroxyl groups is 1. The van der Waals surface area contributed by atoms with Gasteiger partial charge in [0.2, 0.25) is 0 Å². The lowest BCUT2D eigenvalue weighted by molar-refractivity contribution is 0.0414. The van der Waals surface area contributed by atoms with E-state index in [-0.39, 0.29) is 6.10 Å². The van der Waals surface area contributed by atoms with Gasteiger partial charge in [-0.25, -0.2) is 0 Å². The summed E-state index contributed by atoms with van der Waals surface area (Å²) in [5, 5.41) is 9.42. The molecule has 0 aromatic carbocycles. The number of thiol groups is 1. The third-order valence-electron chi connectivity index (χ3n) is 1.82. The van der Waals surface area contributed by atoms with Gasteiger partial charge in [-0.2, -0.15) is 12.6 Å². The van der Waals surface area contributed by atoms with Crippen molar-refractivity contribution < 1.29 is 9.84 Å². The van der Waals surface area contributed by atoms with Gasteiger partial charge in [0.05, 0.1) is 12.7 Å². The highest BCUT2D eigenvalue weighted by Crippen LogP contribution is 2.00. The second-order valence-electron chi connectivity index (χ2n) is 3.62. The average molecular weight is 207 g/mol. The van der Waals surface area contributed by atoms with Crippen LogP contribution in [0.15, 0.2) is 0 Å². The first-order chi connectivity index (χ1) is 6.10. The van der Waals surface area contributed by atoms with Crippen molar-refractivity contribution in [2.45, 2.75) is 13.0 Å². The molecule has 0 aliphatic carbocycles.